The van der Waals surface area contributed by atoms with Crippen LogP contribution in [-0.4, -0.2) is 11.2 Å². The summed E-state index contributed by atoms with van der Waals surface area (Å²) >= 11 is 0. The molecular weight excluding hydrogens is 136 g/mol. The SMILES string of the molecule is C#C[C@H](O)C(C1CC1)C1CC1. The molecule has 2 saturated carbocycles. The van der Waals surface area contributed by atoms with Gasteiger partial charge in [-0.05, 0) is 37.5 Å². The molecule has 1 heteroatoms. The lowest BCUT2D eigenvalue weighted by Gasteiger charge is -2.17. The van der Waals surface area contributed by atoms with Crippen LogP contribution in [0.2, 0.25) is 0 Å². The van der Waals surface area contributed by atoms with Crippen molar-refractivity contribution >= 4 is 0 Å². The van der Waals surface area contributed by atoms with E-state index in [2.05, 4.69) is 5.92 Å². The van der Waals surface area contributed by atoms with Gasteiger partial charge in [-0.15, -0.1) is 6.42 Å². The van der Waals surface area contributed by atoms with Gasteiger partial charge < -0.3 is 5.11 Å². The van der Waals surface area contributed by atoms with Crippen molar-refractivity contribution < 1.29 is 5.11 Å². The van der Waals surface area contributed by atoms with Crippen LogP contribution in [0.15, 0.2) is 0 Å². The monoisotopic (exact) mass is 150 g/mol. The molecule has 2 aliphatic carbocycles. The molecule has 2 aliphatic rings. The highest BCUT2D eigenvalue weighted by molar-refractivity contribution is 5.05. The van der Waals surface area contributed by atoms with E-state index in [1.54, 1.807) is 0 Å². The molecule has 1 N–H and O–H groups in total. The molecule has 0 saturated heterocycles. The normalized spacial score (nSPS) is 26.6. The first-order chi connectivity index (χ1) is 5.33. The minimum atomic E-state index is -0.463. The summed E-state index contributed by atoms with van der Waals surface area (Å²) in [7, 11) is 0. The number of aliphatic hydroxyl groups is 1. The third-order valence-electron chi connectivity index (χ3n) is 2.87. The van der Waals surface area contributed by atoms with E-state index in [9.17, 15) is 5.11 Å². The highest BCUT2D eigenvalue weighted by Gasteiger charge is 2.44. The van der Waals surface area contributed by atoms with E-state index >= 15 is 0 Å². The smallest absolute Gasteiger partial charge is 0.117 e. The van der Waals surface area contributed by atoms with Gasteiger partial charge in [-0.1, -0.05) is 5.92 Å². The standard InChI is InChI=1S/C10H14O/c1-2-9(11)10(7-3-4-7)8-5-6-8/h1,7-11H,3-6H2/t9-/m0/s1. The Kier molecular flexibility index (Phi) is 1.65. The van der Waals surface area contributed by atoms with Crippen molar-refractivity contribution in [3.63, 3.8) is 0 Å². The molecule has 11 heavy (non-hydrogen) atoms. The molecule has 0 aromatic heterocycles. The van der Waals surface area contributed by atoms with Gasteiger partial charge in [0.2, 0.25) is 0 Å². The minimum absolute atomic E-state index is 0.444. The molecule has 0 aliphatic heterocycles. The summed E-state index contributed by atoms with van der Waals surface area (Å²) in [6.07, 6.45) is 9.91. The number of terminal acetylenes is 1. The van der Waals surface area contributed by atoms with Crippen LogP contribution in [-0.2, 0) is 0 Å². The zero-order chi connectivity index (χ0) is 7.84. The molecular formula is C10H14O. The first-order valence-corrected chi connectivity index (χ1v) is 4.47. The van der Waals surface area contributed by atoms with Crippen LogP contribution in [0.1, 0.15) is 25.7 Å². The molecule has 0 aromatic carbocycles. The lowest BCUT2D eigenvalue weighted by atomic mass is 9.92. The summed E-state index contributed by atoms with van der Waals surface area (Å²) in [6.45, 7) is 0. The van der Waals surface area contributed by atoms with Gasteiger partial charge in [-0.2, -0.15) is 0 Å². The van der Waals surface area contributed by atoms with E-state index in [-0.39, 0.29) is 0 Å². The number of hydrogen-bond donors (Lipinski definition) is 1. The maximum atomic E-state index is 9.50. The topological polar surface area (TPSA) is 20.2 Å². The van der Waals surface area contributed by atoms with Gasteiger partial charge in [0.15, 0.2) is 0 Å². The van der Waals surface area contributed by atoms with E-state index in [0.717, 1.165) is 11.8 Å². The third kappa shape index (κ3) is 1.41. The summed E-state index contributed by atoms with van der Waals surface area (Å²) in [6, 6.07) is 0. The predicted molar refractivity (Wildman–Crippen MR) is 43.8 cm³/mol. The highest BCUT2D eigenvalue weighted by Crippen LogP contribution is 2.50. The molecule has 1 atom stereocenters. The first-order valence-electron chi connectivity index (χ1n) is 4.47. The lowest BCUT2D eigenvalue weighted by molar-refractivity contribution is 0.132. The minimum Gasteiger partial charge on any atom is -0.380 e. The largest absolute Gasteiger partial charge is 0.380 e. The lowest BCUT2D eigenvalue weighted by Crippen LogP contribution is -2.22. The van der Waals surface area contributed by atoms with Gasteiger partial charge in [-0.25, -0.2) is 0 Å². The number of aliphatic hydroxyl groups excluding tert-OH is 1. The molecule has 0 spiro atoms. The Morgan fingerprint density at radius 3 is 1.91 bits per heavy atom. The van der Waals surface area contributed by atoms with Crippen molar-refractivity contribution in [2.24, 2.45) is 17.8 Å². The summed E-state index contributed by atoms with van der Waals surface area (Å²) in [4.78, 5) is 0. The van der Waals surface area contributed by atoms with Gasteiger partial charge in [0.05, 0.1) is 0 Å². The van der Waals surface area contributed by atoms with Crippen molar-refractivity contribution in [1.82, 2.24) is 0 Å². The summed E-state index contributed by atoms with van der Waals surface area (Å²) < 4.78 is 0. The molecule has 2 fully saturated rings. The second kappa shape index (κ2) is 2.53. The molecule has 0 bridgehead atoms. The van der Waals surface area contributed by atoms with E-state index in [0.29, 0.717) is 5.92 Å². The van der Waals surface area contributed by atoms with E-state index in [4.69, 9.17) is 6.42 Å². The maximum Gasteiger partial charge on any atom is 0.117 e. The van der Waals surface area contributed by atoms with Crippen molar-refractivity contribution in [1.29, 1.82) is 0 Å². The molecule has 2 rings (SSSR count). The van der Waals surface area contributed by atoms with Crippen LogP contribution < -0.4 is 0 Å². The van der Waals surface area contributed by atoms with Crippen molar-refractivity contribution in [3.8, 4) is 12.3 Å². The number of rotatable bonds is 3. The Morgan fingerprint density at radius 1 is 1.18 bits per heavy atom. The van der Waals surface area contributed by atoms with Crippen LogP contribution in [0.25, 0.3) is 0 Å². The van der Waals surface area contributed by atoms with Gasteiger partial charge in [-0.3, -0.25) is 0 Å². The summed E-state index contributed by atoms with van der Waals surface area (Å²) in [5.41, 5.74) is 0. The van der Waals surface area contributed by atoms with Crippen LogP contribution >= 0.6 is 0 Å². The molecule has 0 radical (unpaired) electrons. The van der Waals surface area contributed by atoms with Crippen molar-refractivity contribution in [2.45, 2.75) is 31.8 Å². The fraction of sp³-hybridized carbons (Fsp3) is 0.800. The zero-order valence-corrected chi connectivity index (χ0v) is 6.66. The van der Waals surface area contributed by atoms with Crippen LogP contribution in [0.4, 0.5) is 0 Å². The van der Waals surface area contributed by atoms with Gasteiger partial charge in [0, 0.05) is 5.92 Å². The average Bonchev–Trinajstić information content (AvgIpc) is 2.81. The van der Waals surface area contributed by atoms with Crippen LogP contribution in [0.5, 0.6) is 0 Å². The molecule has 0 heterocycles. The Morgan fingerprint density at radius 2 is 1.64 bits per heavy atom. The molecule has 1 nitrogen and oxygen atoms in total. The summed E-state index contributed by atoms with van der Waals surface area (Å²) in [5.74, 6) is 4.42. The third-order valence-corrected chi connectivity index (χ3v) is 2.87. The van der Waals surface area contributed by atoms with Crippen LogP contribution in [0, 0.1) is 30.1 Å². The Bertz CT molecular complexity index is 172. The van der Waals surface area contributed by atoms with Crippen LogP contribution in [0.3, 0.4) is 0 Å². The highest BCUT2D eigenvalue weighted by atomic mass is 16.3. The predicted octanol–water partition coefficient (Wildman–Crippen LogP) is 1.42. The fourth-order valence-corrected chi connectivity index (χ4v) is 1.97. The second-order valence-corrected chi connectivity index (χ2v) is 3.86. The van der Waals surface area contributed by atoms with Gasteiger partial charge in [0.25, 0.3) is 0 Å². The number of hydrogen-bond acceptors (Lipinski definition) is 1. The molecule has 0 amide bonds. The van der Waals surface area contributed by atoms with Gasteiger partial charge in [0.1, 0.15) is 6.10 Å². The quantitative estimate of drug-likeness (QED) is 0.603. The van der Waals surface area contributed by atoms with Crippen molar-refractivity contribution in [3.05, 3.63) is 0 Å². The maximum absolute atomic E-state index is 9.50. The molecule has 0 unspecified atom stereocenters. The van der Waals surface area contributed by atoms with Crippen molar-refractivity contribution in [2.75, 3.05) is 0 Å². The molecule has 60 valence electrons. The molecule has 0 aromatic rings. The Balaban J connectivity index is 1.97. The van der Waals surface area contributed by atoms with E-state index in [1.165, 1.54) is 25.7 Å². The Labute approximate surface area is 67.8 Å². The average molecular weight is 150 g/mol. The summed E-state index contributed by atoms with van der Waals surface area (Å²) in [5, 5.41) is 9.50. The van der Waals surface area contributed by atoms with Gasteiger partial charge >= 0.3 is 0 Å². The van der Waals surface area contributed by atoms with E-state index < -0.39 is 6.10 Å². The second-order valence-electron chi connectivity index (χ2n) is 3.86. The fourth-order valence-electron chi connectivity index (χ4n) is 1.97. The first kappa shape index (κ1) is 7.18. The Hall–Kier alpha value is -0.480. The zero-order valence-electron chi connectivity index (χ0n) is 6.66. The van der Waals surface area contributed by atoms with E-state index in [1.807, 2.05) is 0 Å².